The van der Waals surface area contributed by atoms with Gasteiger partial charge in [-0.3, -0.25) is 9.97 Å². The molecule has 1 saturated heterocycles. The first kappa shape index (κ1) is 19.8. The zero-order valence-electron chi connectivity index (χ0n) is 17.5. The predicted molar refractivity (Wildman–Crippen MR) is 120 cm³/mol. The number of ether oxygens (including phenoxy) is 1. The van der Waals surface area contributed by atoms with E-state index in [4.69, 9.17) is 9.72 Å². The van der Waals surface area contributed by atoms with Crippen molar-refractivity contribution < 1.29 is 4.74 Å². The first-order chi connectivity index (χ1) is 14.8. The molecule has 0 radical (unpaired) electrons. The average molecular weight is 399 g/mol. The molecule has 3 aromatic heterocycles. The summed E-state index contributed by atoms with van der Waals surface area (Å²) >= 11 is 0. The molecule has 0 saturated carbocycles. The van der Waals surface area contributed by atoms with Crippen molar-refractivity contribution in [1.29, 1.82) is 0 Å². The van der Waals surface area contributed by atoms with Crippen LogP contribution in [-0.2, 0) is 0 Å². The summed E-state index contributed by atoms with van der Waals surface area (Å²) < 4.78 is 5.25. The zero-order chi connectivity index (χ0) is 20.9. The van der Waals surface area contributed by atoms with Crippen molar-refractivity contribution in [3.63, 3.8) is 0 Å². The molecule has 1 aromatic carbocycles. The van der Waals surface area contributed by atoms with Crippen LogP contribution in [0.15, 0.2) is 67.0 Å². The summed E-state index contributed by atoms with van der Waals surface area (Å²) in [5.41, 5.74) is 3.59. The minimum atomic E-state index is 0.296. The van der Waals surface area contributed by atoms with Crippen LogP contribution in [0, 0.1) is 0 Å². The quantitative estimate of drug-likeness (QED) is 0.494. The molecular formula is C24H25N5O. The van der Waals surface area contributed by atoms with E-state index < -0.39 is 0 Å². The Hall–Kier alpha value is -3.54. The lowest BCUT2D eigenvalue weighted by Gasteiger charge is -2.40. The molecule has 0 amide bonds. The van der Waals surface area contributed by atoms with Crippen molar-refractivity contribution in [2.24, 2.45) is 0 Å². The molecule has 30 heavy (non-hydrogen) atoms. The van der Waals surface area contributed by atoms with Crippen LogP contribution in [0.4, 0.5) is 5.82 Å². The van der Waals surface area contributed by atoms with Gasteiger partial charge in [0.15, 0.2) is 0 Å². The molecule has 0 unspecified atom stereocenters. The third-order valence-electron chi connectivity index (χ3n) is 5.08. The zero-order valence-corrected chi connectivity index (χ0v) is 17.5. The summed E-state index contributed by atoms with van der Waals surface area (Å²) in [4.78, 5) is 20.8. The molecule has 0 atom stereocenters. The molecule has 0 N–H and O–H groups in total. The van der Waals surface area contributed by atoms with E-state index in [0.717, 1.165) is 46.9 Å². The Morgan fingerprint density at radius 2 is 1.67 bits per heavy atom. The van der Waals surface area contributed by atoms with Crippen LogP contribution >= 0.6 is 0 Å². The number of hydrogen-bond donors (Lipinski definition) is 0. The summed E-state index contributed by atoms with van der Waals surface area (Å²) in [7, 11) is 1.62. The van der Waals surface area contributed by atoms with Crippen molar-refractivity contribution in [3.8, 4) is 17.3 Å². The largest absolute Gasteiger partial charge is 0.481 e. The van der Waals surface area contributed by atoms with Crippen molar-refractivity contribution in [2.45, 2.75) is 19.8 Å². The summed E-state index contributed by atoms with van der Waals surface area (Å²) in [5.74, 6) is 1.87. The molecule has 0 bridgehead atoms. The second kappa shape index (κ2) is 8.86. The molecule has 1 aliphatic heterocycles. The molecular weight excluding hydrogens is 374 g/mol. The number of methoxy groups -OCH3 is 1. The normalized spacial score (nSPS) is 13.4. The average Bonchev–Trinajstić information content (AvgIpc) is 2.80. The van der Waals surface area contributed by atoms with Gasteiger partial charge in [-0.25, -0.2) is 9.97 Å². The number of hydrogen-bond acceptors (Lipinski definition) is 6. The highest BCUT2D eigenvalue weighted by molar-refractivity contribution is 5.80. The van der Waals surface area contributed by atoms with Crippen molar-refractivity contribution in [2.75, 3.05) is 25.1 Å². The first-order valence-corrected chi connectivity index (χ1v) is 10.2. The van der Waals surface area contributed by atoms with E-state index in [-0.39, 0.29) is 0 Å². The number of para-hydroxylation sites is 1. The van der Waals surface area contributed by atoms with Gasteiger partial charge in [-0.05, 0) is 24.3 Å². The van der Waals surface area contributed by atoms with Gasteiger partial charge < -0.3 is 9.64 Å². The summed E-state index contributed by atoms with van der Waals surface area (Å²) in [6.45, 7) is 5.72. The second-order valence-electron chi connectivity index (χ2n) is 6.82. The lowest BCUT2D eigenvalue weighted by molar-refractivity contribution is 0.398. The molecule has 1 aliphatic rings. The highest BCUT2D eigenvalue weighted by atomic mass is 16.5. The SMILES string of the molecule is CC.COc1cccc(-c2nccnc2C2CN(c3ccc4ccccc4n3)C2)n1. The van der Waals surface area contributed by atoms with Crippen LogP contribution < -0.4 is 9.64 Å². The maximum absolute atomic E-state index is 5.25. The minimum Gasteiger partial charge on any atom is -0.481 e. The lowest BCUT2D eigenvalue weighted by atomic mass is 9.93. The van der Waals surface area contributed by atoms with Gasteiger partial charge in [0, 0.05) is 42.9 Å². The maximum atomic E-state index is 5.25. The predicted octanol–water partition coefficient (Wildman–Crippen LogP) is 4.73. The molecule has 6 heteroatoms. The van der Waals surface area contributed by atoms with Crippen molar-refractivity contribution >= 4 is 16.7 Å². The number of benzene rings is 1. The van der Waals surface area contributed by atoms with E-state index in [2.05, 4.69) is 38.1 Å². The standard InChI is InChI=1S/C22H19N5O.C2H6/c1-28-20-8-4-7-18(26-20)22-21(23-11-12-24-22)16-13-27(14-16)19-10-9-15-5-2-3-6-17(15)25-19;1-2/h2-12,16H,13-14H2,1H3;1-2H3. The highest BCUT2D eigenvalue weighted by Gasteiger charge is 2.32. The van der Waals surface area contributed by atoms with E-state index in [1.165, 1.54) is 0 Å². The Balaban J connectivity index is 0.00000106. The Morgan fingerprint density at radius 3 is 2.50 bits per heavy atom. The molecule has 4 aromatic rings. The van der Waals surface area contributed by atoms with Crippen LogP contribution in [0.5, 0.6) is 5.88 Å². The number of anilines is 1. The maximum Gasteiger partial charge on any atom is 0.213 e. The van der Waals surface area contributed by atoms with E-state index in [1.807, 2.05) is 50.2 Å². The Labute approximate surface area is 176 Å². The van der Waals surface area contributed by atoms with Gasteiger partial charge in [0.25, 0.3) is 0 Å². The number of fused-ring (bicyclic) bond motifs is 1. The fraction of sp³-hybridized carbons (Fsp3) is 0.250. The van der Waals surface area contributed by atoms with E-state index >= 15 is 0 Å². The Morgan fingerprint density at radius 1 is 0.867 bits per heavy atom. The second-order valence-corrected chi connectivity index (χ2v) is 6.82. The number of rotatable bonds is 4. The number of nitrogens with zero attached hydrogens (tertiary/aromatic N) is 5. The van der Waals surface area contributed by atoms with Crippen LogP contribution in [0.2, 0.25) is 0 Å². The van der Waals surface area contributed by atoms with Crippen LogP contribution in [0.3, 0.4) is 0 Å². The lowest BCUT2D eigenvalue weighted by Crippen LogP contribution is -2.46. The molecule has 1 fully saturated rings. The van der Waals surface area contributed by atoms with Crippen LogP contribution in [0.1, 0.15) is 25.5 Å². The van der Waals surface area contributed by atoms with Crippen LogP contribution in [-0.4, -0.2) is 40.1 Å². The molecule has 6 nitrogen and oxygen atoms in total. The third kappa shape index (κ3) is 3.81. The highest BCUT2D eigenvalue weighted by Crippen LogP contribution is 2.34. The first-order valence-electron chi connectivity index (χ1n) is 10.2. The van der Waals surface area contributed by atoms with Crippen LogP contribution in [0.25, 0.3) is 22.3 Å². The fourth-order valence-electron chi connectivity index (χ4n) is 3.58. The summed E-state index contributed by atoms with van der Waals surface area (Å²) in [5, 5.41) is 1.16. The molecule has 152 valence electrons. The van der Waals surface area contributed by atoms with Gasteiger partial charge in [0.05, 0.1) is 24.0 Å². The Kier molecular flexibility index (Phi) is 5.84. The third-order valence-corrected chi connectivity index (χ3v) is 5.08. The monoisotopic (exact) mass is 399 g/mol. The molecule has 5 rings (SSSR count). The number of aromatic nitrogens is 4. The van der Waals surface area contributed by atoms with Gasteiger partial charge in [0.1, 0.15) is 11.5 Å². The molecule has 4 heterocycles. The summed E-state index contributed by atoms with van der Waals surface area (Å²) in [6.07, 6.45) is 3.46. The smallest absolute Gasteiger partial charge is 0.213 e. The molecule has 0 aliphatic carbocycles. The Bertz CT molecular complexity index is 1140. The van der Waals surface area contributed by atoms with Gasteiger partial charge >= 0.3 is 0 Å². The van der Waals surface area contributed by atoms with Gasteiger partial charge in [-0.15, -0.1) is 0 Å². The van der Waals surface area contributed by atoms with Gasteiger partial charge in [-0.2, -0.15) is 0 Å². The van der Waals surface area contributed by atoms with Crippen molar-refractivity contribution in [3.05, 3.63) is 72.7 Å². The van der Waals surface area contributed by atoms with Gasteiger partial charge in [-0.1, -0.05) is 38.1 Å². The van der Waals surface area contributed by atoms with Gasteiger partial charge in [0.2, 0.25) is 5.88 Å². The van der Waals surface area contributed by atoms with E-state index in [9.17, 15) is 0 Å². The van der Waals surface area contributed by atoms with E-state index in [1.54, 1.807) is 19.5 Å². The van der Waals surface area contributed by atoms with E-state index in [0.29, 0.717) is 11.8 Å². The van der Waals surface area contributed by atoms with Crippen molar-refractivity contribution in [1.82, 2.24) is 19.9 Å². The molecule has 0 spiro atoms. The topological polar surface area (TPSA) is 64.0 Å². The summed E-state index contributed by atoms with van der Waals surface area (Å²) in [6, 6.07) is 18.1. The minimum absolute atomic E-state index is 0.296. The fourth-order valence-corrected chi connectivity index (χ4v) is 3.58. The number of pyridine rings is 2.